The Hall–Kier alpha value is -1.39. The van der Waals surface area contributed by atoms with Gasteiger partial charge in [-0.2, -0.15) is 0 Å². The van der Waals surface area contributed by atoms with E-state index < -0.39 is 6.04 Å². The Labute approximate surface area is 113 Å². The largest absolute Gasteiger partial charge is 0.377 e. The lowest BCUT2D eigenvalue weighted by Gasteiger charge is -2.37. The van der Waals surface area contributed by atoms with Gasteiger partial charge in [-0.15, -0.1) is 0 Å². The molecule has 4 nitrogen and oxygen atoms in total. The first-order valence-corrected chi connectivity index (χ1v) is 6.96. The van der Waals surface area contributed by atoms with Crippen LogP contribution in [0, 0.1) is 5.92 Å². The molecule has 19 heavy (non-hydrogen) atoms. The number of carbonyl (C=O) groups is 1. The Morgan fingerprint density at radius 1 is 1.32 bits per heavy atom. The third kappa shape index (κ3) is 2.65. The Morgan fingerprint density at radius 3 is 2.74 bits per heavy atom. The lowest BCUT2D eigenvalue weighted by molar-refractivity contribution is -0.142. The number of rotatable bonds is 3. The first-order valence-electron chi connectivity index (χ1n) is 6.96. The van der Waals surface area contributed by atoms with Gasteiger partial charge in [0.1, 0.15) is 6.04 Å². The van der Waals surface area contributed by atoms with E-state index >= 15 is 0 Å². The van der Waals surface area contributed by atoms with E-state index in [1.807, 2.05) is 35.2 Å². The molecule has 1 aromatic rings. The predicted molar refractivity (Wildman–Crippen MR) is 72.4 cm³/mol. The predicted octanol–water partition coefficient (Wildman–Crippen LogP) is 1.32. The van der Waals surface area contributed by atoms with Crippen LogP contribution in [0.4, 0.5) is 0 Å². The van der Waals surface area contributed by atoms with Gasteiger partial charge >= 0.3 is 0 Å². The minimum atomic E-state index is -0.555. The molecule has 1 saturated heterocycles. The van der Waals surface area contributed by atoms with Crippen LogP contribution in [-0.4, -0.2) is 36.6 Å². The first-order chi connectivity index (χ1) is 9.27. The third-order valence-corrected chi connectivity index (χ3v) is 4.04. The summed E-state index contributed by atoms with van der Waals surface area (Å²) in [6, 6.07) is 9.27. The van der Waals surface area contributed by atoms with Gasteiger partial charge in [-0.3, -0.25) is 4.79 Å². The van der Waals surface area contributed by atoms with E-state index in [1.54, 1.807) is 0 Å². The Balaban J connectivity index is 1.74. The van der Waals surface area contributed by atoms with Crippen LogP contribution in [0.25, 0.3) is 0 Å². The molecule has 0 aromatic heterocycles. The number of nitrogens with two attached hydrogens (primary N) is 1. The van der Waals surface area contributed by atoms with Crippen LogP contribution in [0.1, 0.15) is 24.4 Å². The summed E-state index contributed by atoms with van der Waals surface area (Å²) in [5.41, 5.74) is 7.00. The maximum absolute atomic E-state index is 12.6. The molecule has 1 amide bonds. The van der Waals surface area contributed by atoms with Crippen molar-refractivity contribution < 1.29 is 9.53 Å². The van der Waals surface area contributed by atoms with Gasteiger partial charge in [0.2, 0.25) is 5.91 Å². The smallest absolute Gasteiger partial charge is 0.244 e. The fraction of sp³-hybridized carbons (Fsp3) is 0.533. The molecule has 2 atom stereocenters. The molecule has 0 unspecified atom stereocenters. The van der Waals surface area contributed by atoms with Crippen molar-refractivity contribution >= 4 is 5.91 Å². The van der Waals surface area contributed by atoms with Gasteiger partial charge in [-0.05, 0) is 24.3 Å². The van der Waals surface area contributed by atoms with Crippen molar-refractivity contribution in [1.82, 2.24) is 4.90 Å². The molecular weight excluding hydrogens is 240 g/mol. The number of ether oxygens (including phenoxy) is 1. The summed E-state index contributed by atoms with van der Waals surface area (Å²) in [6.07, 6.45) is 2.41. The summed E-state index contributed by atoms with van der Waals surface area (Å²) in [5, 5.41) is 0. The van der Waals surface area contributed by atoms with Crippen molar-refractivity contribution in [3.05, 3.63) is 35.9 Å². The van der Waals surface area contributed by atoms with Crippen LogP contribution >= 0.6 is 0 Å². The molecule has 1 aliphatic carbocycles. The van der Waals surface area contributed by atoms with Crippen LogP contribution in [0.5, 0.6) is 0 Å². The number of hydrogen-bond acceptors (Lipinski definition) is 3. The van der Waals surface area contributed by atoms with Gasteiger partial charge in [0.05, 0.1) is 19.3 Å². The average Bonchev–Trinajstić information content (AvgIpc) is 3.31. The van der Waals surface area contributed by atoms with Crippen molar-refractivity contribution in [3.8, 4) is 0 Å². The zero-order valence-corrected chi connectivity index (χ0v) is 11.0. The minimum absolute atomic E-state index is 0.0337. The fourth-order valence-electron chi connectivity index (χ4n) is 2.75. The van der Waals surface area contributed by atoms with E-state index in [9.17, 15) is 4.79 Å². The maximum atomic E-state index is 12.6. The van der Waals surface area contributed by atoms with Crippen LogP contribution in [0.15, 0.2) is 30.3 Å². The van der Waals surface area contributed by atoms with E-state index in [2.05, 4.69) is 0 Å². The Morgan fingerprint density at radius 2 is 2.05 bits per heavy atom. The summed E-state index contributed by atoms with van der Waals surface area (Å²) in [4.78, 5) is 14.5. The Kier molecular flexibility index (Phi) is 3.53. The molecule has 1 heterocycles. The van der Waals surface area contributed by atoms with Crippen molar-refractivity contribution in [2.45, 2.75) is 24.9 Å². The van der Waals surface area contributed by atoms with Crippen LogP contribution in [0.2, 0.25) is 0 Å². The molecule has 2 fully saturated rings. The minimum Gasteiger partial charge on any atom is -0.377 e. The number of carbonyl (C=O) groups excluding carboxylic acids is 1. The topological polar surface area (TPSA) is 55.6 Å². The van der Waals surface area contributed by atoms with Gasteiger partial charge in [-0.1, -0.05) is 30.3 Å². The molecule has 0 spiro atoms. The van der Waals surface area contributed by atoms with Crippen molar-refractivity contribution in [1.29, 1.82) is 0 Å². The molecule has 3 rings (SSSR count). The second-order valence-corrected chi connectivity index (χ2v) is 5.40. The van der Waals surface area contributed by atoms with Crippen LogP contribution in [-0.2, 0) is 9.53 Å². The molecule has 102 valence electrons. The second kappa shape index (κ2) is 5.31. The zero-order chi connectivity index (χ0) is 13.2. The molecule has 1 aliphatic heterocycles. The lowest BCUT2D eigenvalue weighted by atomic mass is 10.0. The van der Waals surface area contributed by atoms with Gasteiger partial charge in [-0.25, -0.2) is 0 Å². The molecule has 2 N–H and O–H groups in total. The molecule has 0 radical (unpaired) electrons. The maximum Gasteiger partial charge on any atom is 0.244 e. The Bertz CT molecular complexity index is 445. The average molecular weight is 260 g/mol. The quantitative estimate of drug-likeness (QED) is 0.892. The van der Waals surface area contributed by atoms with Crippen molar-refractivity contribution in [3.63, 3.8) is 0 Å². The van der Waals surface area contributed by atoms with E-state index in [0.717, 1.165) is 5.56 Å². The standard InChI is InChI=1S/C15H20N2O2/c16-14(12-4-2-1-3-5-12)15(18)17-8-9-19-10-13(17)11-6-7-11/h1-5,11,13-14H,6-10,16H2/t13-,14-/m1/s1. The molecule has 1 saturated carbocycles. The zero-order valence-electron chi connectivity index (χ0n) is 11.0. The molecule has 2 aliphatic rings. The van der Waals surface area contributed by atoms with E-state index in [-0.39, 0.29) is 11.9 Å². The number of morpholine rings is 1. The molecule has 0 bridgehead atoms. The fourth-order valence-corrected chi connectivity index (χ4v) is 2.75. The van der Waals surface area contributed by atoms with Gasteiger partial charge in [0.25, 0.3) is 0 Å². The van der Waals surface area contributed by atoms with Gasteiger partial charge in [0, 0.05) is 6.54 Å². The summed E-state index contributed by atoms with van der Waals surface area (Å²) in [6.45, 7) is 1.95. The highest BCUT2D eigenvalue weighted by atomic mass is 16.5. The van der Waals surface area contributed by atoms with E-state index in [1.165, 1.54) is 12.8 Å². The summed E-state index contributed by atoms with van der Waals surface area (Å²) in [7, 11) is 0. The first kappa shape index (κ1) is 12.6. The molecule has 4 heteroatoms. The van der Waals surface area contributed by atoms with E-state index in [4.69, 9.17) is 10.5 Å². The highest BCUT2D eigenvalue weighted by molar-refractivity contribution is 5.83. The lowest BCUT2D eigenvalue weighted by Crippen LogP contribution is -2.52. The SMILES string of the molecule is N[C@@H](C(=O)N1CCOC[C@@H]1C1CC1)c1ccccc1. The summed E-state index contributed by atoms with van der Waals surface area (Å²) in [5.74, 6) is 0.652. The number of hydrogen-bond donors (Lipinski definition) is 1. The summed E-state index contributed by atoms with van der Waals surface area (Å²) >= 11 is 0. The second-order valence-electron chi connectivity index (χ2n) is 5.40. The number of amides is 1. The normalized spacial score (nSPS) is 25.1. The number of benzene rings is 1. The highest BCUT2D eigenvalue weighted by Crippen LogP contribution is 2.37. The summed E-state index contributed by atoms with van der Waals surface area (Å²) < 4.78 is 5.51. The third-order valence-electron chi connectivity index (χ3n) is 4.04. The molecule has 1 aromatic carbocycles. The van der Waals surface area contributed by atoms with Crippen LogP contribution < -0.4 is 5.73 Å². The monoisotopic (exact) mass is 260 g/mol. The van der Waals surface area contributed by atoms with Gasteiger partial charge in [0.15, 0.2) is 0 Å². The van der Waals surface area contributed by atoms with Gasteiger partial charge < -0.3 is 15.4 Å². The van der Waals surface area contributed by atoms with Crippen molar-refractivity contribution in [2.24, 2.45) is 11.7 Å². The van der Waals surface area contributed by atoms with Crippen molar-refractivity contribution in [2.75, 3.05) is 19.8 Å². The number of nitrogens with zero attached hydrogens (tertiary/aromatic N) is 1. The van der Waals surface area contributed by atoms with Crippen LogP contribution in [0.3, 0.4) is 0 Å². The van der Waals surface area contributed by atoms with E-state index in [0.29, 0.717) is 25.7 Å². The highest BCUT2D eigenvalue weighted by Gasteiger charge is 2.40. The molecular formula is C15H20N2O2.